The molecule has 18 heavy (non-hydrogen) atoms. The molecule has 1 rings (SSSR count). The highest BCUT2D eigenvalue weighted by molar-refractivity contribution is 7.86. The molecule has 0 aromatic carbocycles. The molecule has 1 unspecified atom stereocenters. The summed E-state index contributed by atoms with van der Waals surface area (Å²) in [5, 5.41) is 2.11. The first-order valence-corrected chi connectivity index (χ1v) is 7.27. The molecule has 1 heterocycles. The summed E-state index contributed by atoms with van der Waals surface area (Å²) in [6.45, 7) is 3.48. The average molecular weight is 277 g/mol. The van der Waals surface area contributed by atoms with Gasteiger partial charge >= 0.3 is 0 Å². The van der Waals surface area contributed by atoms with E-state index in [1.54, 1.807) is 0 Å². The van der Waals surface area contributed by atoms with E-state index in [0.29, 0.717) is 6.54 Å². The zero-order valence-electron chi connectivity index (χ0n) is 10.8. The maximum absolute atomic E-state index is 12.2. The maximum Gasteiger partial charge on any atom is 0.282 e. The third kappa shape index (κ3) is 3.06. The second-order valence-corrected chi connectivity index (χ2v) is 6.30. The minimum atomic E-state index is -3.76. The van der Waals surface area contributed by atoms with Crippen molar-refractivity contribution in [3.8, 4) is 0 Å². The Kier molecular flexibility index (Phi) is 4.83. The van der Waals surface area contributed by atoms with Crippen molar-refractivity contribution in [3.05, 3.63) is 0 Å². The van der Waals surface area contributed by atoms with Crippen LogP contribution in [0.4, 0.5) is 0 Å². The summed E-state index contributed by atoms with van der Waals surface area (Å²) in [5.41, 5.74) is 0. The van der Waals surface area contributed by atoms with E-state index in [2.05, 4.69) is 5.32 Å². The Bertz CT molecular complexity index is 434. The Morgan fingerprint density at radius 1 is 1.44 bits per heavy atom. The molecule has 8 heteroatoms. The third-order valence-electron chi connectivity index (χ3n) is 2.89. The van der Waals surface area contributed by atoms with Crippen molar-refractivity contribution in [2.75, 3.05) is 20.1 Å². The van der Waals surface area contributed by atoms with Gasteiger partial charge in [-0.05, 0) is 13.3 Å². The lowest BCUT2D eigenvalue weighted by Gasteiger charge is -2.33. The van der Waals surface area contributed by atoms with E-state index in [4.69, 9.17) is 0 Å². The Morgan fingerprint density at radius 3 is 2.61 bits per heavy atom. The fraction of sp³-hybridized carbons (Fsp3) is 0.800. The highest BCUT2D eigenvalue weighted by Gasteiger charge is 2.39. The highest BCUT2D eigenvalue weighted by atomic mass is 32.2. The van der Waals surface area contributed by atoms with Crippen molar-refractivity contribution >= 4 is 22.0 Å². The predicted molar refractivity (Wildman–Crippen MR) is 65.8 cm³/mol. The molecule has 7 nitrogen and oxygen atoms in total. The van der Waals surface area contributed by atoms with Gasteiger partial charge in [-0.1, -0.05) is 13.3 Å². The number of carbonyl (C=O) groups excluding carboxylic acids is 2. The zero-order chi connectivity index (χ0) is 13.9. The molecule has 1 atom stereocenters. The van der Waals surface area contributed by atoms with Crippen LogP contribution in [0.2, 0.25) is 0 Å². The lowest BCUT2D eigenvalue weighted by atomic mass is 10.2. The quantitative estimate of drug-likeness (QED) is 0.674. The standard InChI is InChI=1S/C10H19N3O4S/c1-4-5-6-12(3)18(16,17)13-7-9(14)11-10(15)8(13)2/h8H,4-7H2,1-3H3,(H,11,14,15). The van der Waals surface area contributed by atoms with Crippen molar-refractivity contribution in [1.82, 2.24) is 13.9 Å². The Morgan fingerprint density at radius 2 is 2.06 bits per heavy atom. The molecule has 0 aromatic rings. The molecule has 0 aromatic heterocycles. The number of piperazine rings is 1. The lowest BCUT2D eigenvalue weighted by molar-refractivity contribution is -0.136. The number of hydrogen-bond acceptors (Lipinski definition) is 4. The van der Waals surface area contributed by atoms with E-state index in [9.17, 15) is 18.0 Å². The van der Waals surface area contributed by atoms with E-state index in [0.717, 1.165) is 17.1 Å². The number of hydrogen-bond donors (Lipinski definition) is 1. The summed E-state index contributed by atoms with van der Waals surface area (Å²) in [7, 11) is -2.31. The van der Waals surface area contributed by atoms with Crippen molar-refractivity contribution in [2.45, 2.75) is 32.7 Å². The zero-order valence-corrected chi connectivity index (χ0v) is 11.7. The number of carbonyl (C=O) groups is 2. The molecule has 0 saturated carbocycles. The fourth-order valence-electron chi connectivity index (χ4n) is 1.65. The summed E-state index contributed by atoms with van der Waals surface area (Å²) in [5.74, 6) is -1.18. The van der Waals surface area contributed by atoms with Gasteiger partial charge in [-0.3, -0.25) is 14.9 Å². The minimum absolute atomic E-state index is 0.314. The van der Waals surface area contributed by atoms with Gasteiger partial charge in [0.15, 0.2) is 0 Å². The van der Waals surface area contributed by atoms with Crippen LogP contribution < -0.4 is 5.32 Å². The Labute approximate surface area is 107 Å². The Balaban J connectivity index is 2.89. The molecule has 1 N–H and O–H groups in total. The fourth-order valence-corrected chi connectivity index (χ4v) is 3.14. The van der Waals surface area contributed by atoms with Gasteiger partial charge in [0.1, 0.15) is 6.04 Å². The number of nitrogens with one attached hydrogen (secondary N) is 1. The van der Waals surface area contributed by atoms with E-state index in [1.165, 1.54) is 18.3 Å². The van der Waals surface area contributed by atoms with Crippen molar-refractivity contribution in [3.63, 3.8) is 0 Å². The van der Waals surface area contributed by atoms with Gasteiger partial charge in [0.25, 0.3) is 10.2 Å². The topological polar surface area (TPSA) is 86.8 Å². The SMILES string of the molecule is CCCCN(C)S(=O)(=O)N1CC(=O)NC(=O)C1C. The first-order chi connectivity index (χ1) is 8.30. The molecule has 0 radical (unpaired) electrons. The second kappa shape index (κ2) is 5.77. The lowest BCUT2D eigenvalue weighted by Crippen LogP contribution is -2.60. The summed E-state index contributed by atoms with van der Waals surface area (Å²) < 4.78 is 26.5. The van der Waals surface area contributed by atoms with Crippen LogP contribution in [0, 0.1) is 0 Å². The van der Waals surface area contributed by atoms with Gasteiger partial charge < -0.3 is 0 Å². The van der Waals surface area contributed by atoms with Crippen LogP contribution in [-0.4, -0.2) is 55.0 Å². The van der Waals surface area contributed by atoms with E-state index < -0.39 is 28.1 Å². The molecule has 2 amide bonds. The summed E-state index contributed by atoms with van der Waals surface area (Å²) in [6.07, 6.45) is 1.60. The van der Waals surface area contributed by atoms with Gasteiger partial charge in [-0.15, -0.1) is 0 Å². The molecule has 1 fully saturated rings. The molecule has 0 bridgehead atoms. The number of imide groups is 1. The van der Waals surface area contributed by atoms with Crippen molar-refractivity contribution in [2.24, 2.45) is 0 Å². The largest absolute Gasteiger partial charge is 0.294 e. The van der Waals surface area contributed by atoms with Crippen LogP contribution in [-0.2, 0) is 19.8 Å². The molecule has 1 aliphatic rings. The summed E-state index contributed by atoms with van der Waals surface area (Å²) in [4.78, 5) is 22.7. The minimum Gasteiger partial charge on any atom is -0.294 e. The molecular weight excluding hydrogens is 258 g/mol. The number of amides is 2. The van der Waals surface area contributed by atoms with Crippen molar-refractivity contribution < 1.29 is 18.0 Å². The van der Waals surface area contributed by atoms with E-state index in [-0.39, 0.29) is 6.54 Å². The van der Waals surface area contributed by atoms with Gasteiger partial charge in [0.2, 0.25) is 11.8 Å². The molecule has 0 spiro atoms. The molecule has 1 aliphatic heterocycles. The summed E-state index contributed by atoms with van der Waals surface area (Å²) in [6, 6.07) is -0.864. The predicted octanol–water partition coefficient (Wildman–Crippen LogP) is -0.690. The average Bonchev–Trinajstić information content (AvgIpc) is 2.30. The number of unbranched alkanes of at least 4 members (excludes halogenated alkanes) is 1. The smallest absolute Gasteiger partial charge is 0.282 e. The van der Waals surface area contributed by atoms with Crippen LogP contribution in [0.15, 0.2) is 0 Å². The normalized spacial score (nSPS) is 22.3. The number of nitrogens with zero attached hydrogens (tertiary/aromatic N) is 2. The molecule has 104 valence electrons. The van der Waals surface area contributed by atoms with E-state index in [1.807, 2.05) is 6.92 Å². The molecule has 1 saturated heterocycles. The van der Waals surface area contributed by atoms with Crippen LogP contribution >= 0.6 is 0 Å². The highest BCUT2D eigenvalue weighted by Crippen LogP contribution is 2.14. The molecule has 0 aliphatic carbocycles. The third-order valence-corrected chi connectivity index (χ3v) is 4.90. The van der Waals surface area contributed by atoms with Crippen LogP contribution in [0.1, 0.15) is 26.7 Å². The van der Waals surface area contributed by atoms with Crippen molar-refractivity contribution in [1.29, 1.82) is 0 Å². The Hall–Kier alpha value is -0.990. The van der Waals surface area contributed by atoms with Gasteiger partial charge in [-0.2, -0.15) is 17.0 Å². The van der Waals surface area contributed by atoms with Crippen LogP contribution in [0.5, 0.6) is 0 Å². The van der Waals surface area contributed by atoms with Gasteiger partial charge in [0.05, 0.1) is 6.54 Å². The monoisotopic (exact) mass is 277 g/mol. The molecular formula is C10H19N3O4S. The number of rotatable bonds is 5. The maximum atomic E-state index is 12.2. The second-order valence-electron chi connectivity index (χ2n) is 4.32. The van der Waals surface area contributed by atoms with Gasteiger partial charge in [0, 0.05) is 13.6 Å². The van der Waals surface area contributed by atoms with Crippen LogP contribution in [0.25, 0.3) is 0 Å². The first kappa shape index (κ1) is 15.1. The summed E-state index contributed by atoms with van der Waals surface area (Å²) >= 11 is 0. The van der Waals surface area contributed by atoms with Crippen LogP contribution in [0.3, 0.4) is 0 Å². The van der Waals surface area contributed by atoms with E-state index >= 15 is 0 Å². The van der Waals surface area contributed by atoms with Gasteiger partial charge in [-0.25, -0.2) is 0 Å². The first-order valence-electron chi connectivity index (χ1n) is 5.87.